The van der Waals surface area contributed by atoms with Gasteiger partial charge in [0, 0.05) is 43.1 Å². The molecular weight excluding hydrogens is 461 g/mol. The normalized spacial score (nSPS) is 18.7. The summed E-state index contributed by atoms with van der Waals surface area (Å²) in [7, 11) is 0. The number of halogens is 4. The first kappa shape index (κ1) is 25.0. The van der Waals surface area contributed by atoms with Crippen molar-refractivity contribution < 1.29 is 27.9 Å². The summed E-state index contributed by atoms with van der Waals surface area (Å²) in [5, 5.41) is 13.5. The first-order chi connectivity index (χ1) is 15.6. The molecule has 180 valence electrons. The first-order valence-corrected chi connectivity index (χ1v) is 11.0. The quantitative estimate of drug-likeness (QED) is 0.462. The molecule has 33 heavy (non-hydrogen) atoms. The number of hydrogen-bond acceptors (Lipinski definition) is 4. The molecule has 0 bridgehead atoms. The van der Waals surface area contributed by atoms with Gasteiger partial charge in [-0.05, 0) is 49.9 Å². The fourth-order valence-corrected chi connectivity index (χ4v) is 4.79. The van der Waals surface area contributed by atoms with Gasteiger partial charge in [-0.25, -0.2) is 4.79 Å². The molecule has 1 spiro atoms. The third-order valence-corrected chi connectivity index (χ3v) is 6.69. The molecule has 1 aromatic rings. The van der Waals surface area contributed by atoms with Gasteiger partial charge < -0.3 is 10.0 Å². The van der Waals surface area contributed by atoms with E-state index in [9.17, 15) is 22.8 Å². The van der Waals surface area contributed by atoms with Crippen LogP contribution < -0.4 is 0 Å². The highest BCUT2D eigenvalue weighted by Gasteiger charge is 2.44. The van der Waals surface area contributed by atoms with E-state index in [0.717, 1.165) is 36.5 Å². The van der Waals surface area contributed by atoms with Gasteiger partial charge in [-0.2, -0.15) is 23.3 Å². The Labute approximate surface area is 195 Å². The lowest BCUT2D eigenvalue weighted by Crippen LogP contribution is -2.54. The Morgan fingerprint density at radius 3 is 2.52 bits per heavy atom. The van der Waals surface area contributed by atoms with Crippen molar-refractivity contribution in [2.75, 3.05) is 19.6 Å². The van der Waals surface area contributed by atoms with Crippen molar-refractivity contribution in [1.82, 2.24) is 14.8 Å². The van der Waals surface area contributed by atoms with Crippen LogP contribution in [0.3, 0.4) is 0 Å². The van der Waals surface area contributed by atoms with Crippen molar-refractivity contribution in [2.45, 2.75) is 50.4 Å². The maximum absolute atomic E-state index is 12.9. The number of hydrogen-bond donors (Lipinski definition) is 1. The van der Waals surface area contributed by atoms with E-state index in [-0.39, 0.29) is 23.0 Å². The van der Waals surface area contributed by atoms with Crippen molar-refractivity contribution in [2.24, 2.45) is 5.10 Å². The molecule has 0 saturated carbocycles. The lowest BCUT2D eigenvalue weighted by molar-refractivity contribution is -0.138. The molecule has 0 atom stereocenters. The molecular formula is C22H26ClF3N4O3. The number of aliphatic carboxylic acids is 1. The molecule has 2 fully saturated rings. The molecule has 0 aliphatic carbocycles. The number of carbonyl (C=O) groups excluding carboxylic acids is 1. The number of rotatable bonds is 6. The average Bonchev–Trinajstić information content (AvgIpc) is 3.13. The van der Waals surface area contributed by atoms with Crippen LogP contribution >= 0.6 is 11.6 Å². The van der Waals surface area contributed by atoms with Crippen LogP contribution in [0, 0.1) is 0 Å². The Kier molecular flexibility index (Phi) is 7.69. The molecule has 0 unspecified atom stereocenters. The topological polar surface area (TPSA) is 76.4 Å². The van der Waals surface area contributed by atoms with E-state index in [2.05, 4.69) is 16.7 Å². The lowest BCUT2D eigenvalue weighted by Gasteiger charge is -2.45. The number of carbonyl (C=O) groups is 2. The predicted octanol–water partition coefficient (Wildman–Crippen LogP) is 4.82. The SMILES string of the molecule is C=NN(/C=C\CC(=O)O)C(=O)N1CCC2(CCCN2Cc2ccc(C(F)(F)F)cc2Cl)CC1. The number of piperidine rings is 1. The van der Waals surface area contributed by atoms with E-state index in [1.165, 1.54) is 18.3 Å². The highest BCUT2D eigenvalue weighted by molar-refractivity contribution is 6.31. The third-order valence-electron chi connectivity index (χ3n) is 6.33. The second-order valence-electron chi connectivity index (χ2n) is 8.29. The van der Waals surface area contributed by atoms with Gasteiger partial charge in [0.25, 0.3) is 0 Å². The number of carboxylic acid groups (broad SMARTS) is 1. The van der Waals surface area contributed by atoms with Gasteiger partial charge in [0.1, 0.15) is 0 Å². The van der Waals surface area contributed by atoms with Gasteiger partial charge in [-0.3, -0.25) is 9.69 Å². The van der Waals surface area contributed by atoms with Crippen LogP contribution in [0.25, 0.3) is 0 Å². The number of likely N-dealkylation sites (tertiary alicyclic amines) is 2. The van der Waals surface area contributed by atoms with Crippen LogP contribution in [0.5, 0.6) is 0 Å². The summed E-state index contributed by atoms with van der Waals surface area (Å²) in [4.78, 5) is 27.3. The number of hydrazone groups is 1. The predicted molar refractivity (Wildman–Crippen MR) is 118 cm³/mol. The second kappa shape index (κ2) is 10.1. The fourth-order valence-electron chi connectivity index (χ4n) is 4.55. The number of amides is 2. The number of alkyl halides is 3. The zero-order valence-electron chi connectivity index (χ0n) is 18.0. The summed E-state index contributed by atoms with van der Waals surface area (Å²) in [6, 6.07) is 3.08. The second-order valence-corrected chi connectivity index (χ2v) is 8.70. The van der Waals surface area contributed by atoms with Crippen molar-refractivity contribution in [3.63, 3.8) is 0 Å². The minimum Gasteiger partial charge on any atom is -0.481 e. The van der Waals surface area contributed by atoms with Gasteiger partial charge in [0.2, 0.25) is 0 Å². The zero-order chi connectivity index (χ0) is 24.2. The Bertz CT molecular complexity index is 930. The largest absolute Gasteiger partial charge is 0.481 e. The summed E-state index contributed by atoms with van der Waals surface area (Å²) in [5.41, 5.74) is -0.263. The number of nitrogens with zero attached hydrogens (tertiary/aromatic N) is 4. The Morgan fingerprint density at radius 1 is 1.24 bits per heavy atom. The molecule has 0 aromatic heterocycles. The monoisotopic (exact) mass is 486 g/mol. The van der Waals surface area contributed by atoms with E-state index in [1.54, 1.807) is 4.90 Å². The molecule has 2 amide bonds. The molecule has 3 rings (SSSR count). The van der Waals surface area contributed by atoms with Crippen molar-refractivity contribution >= 4 is 30.3 Å². The number of urea groups is 1. The van der Waals surface area contributed by atoms with Crippen LogP contribution in [0.15, 0.2) is 35.6 Å². The summed E-state index contributed by atoms with van der Waals surface area (Å²) in [6.07, 6.45) is 1.27. The van der Waals surface area contributed by atoms with E-state index in [0.29, 0.717) is 38.0 Å². The minimum atomic E-state index is -4.44. The van der Waals surface area contributed by atoms with Gasteiger partial charge >= 0.3 is 18.2 Å². The van der Waals surface area contributed by atoms with Crippen molar-refractivity contribution in [3.05, 3.63) is 46.6 Å². The summed E-state index contributed by atoms with van der Waals surface area (Å²) in [5.74, 6) is -1.02. The van der Waals surface area contributed by atoms with E-state index in [1.807, 2.05) is 0 Å². The van der Waals surface area contributed by atoms with Crippen molar-refractivity contribution in [3.8, 4) is 0 Å². The number of benzene rings is 1. The Balaban J connectivity index is 1.64. The summed E-state index contributed by atoms with van der Waals surface area (Å²) >= 11 is 6.17. The molecule has 1 aromatic carbocycles. The maximum atomic E-state index is 12.9. The highest BCUT2D eigenvalue weighted by Crippen LogP contribution is 2.40. The third kappa shape index (κ3) is 5.86. The van der Waals surface area contributed by atoms with Gasteiger partial charge in [0.15, 0.2) is 0 Å². The molecule has 2 aliphatic heterocycles. The molecule has 2 saturated heterocycles. The zero-order valence-corrected chi connectivity index (χ0v) is 18.8. The Hall–Kier alpha value is -2.59. The lowest BCUT2D eigenvalue weighted by atomic mass is 9.84. The van der Waals surface area contributed by atoms with Crippen LogP contribution in [0.1, 0.15) is 43.2 Å². The van der Waals surface area contributed by atoms with E-state index >= 15 is 0 Å². The molecule has 2 aliphatic rings. The maximum Gasteiger partial charge on any atom is 0.416 e. The molecule has 2 heterocycles. The molecule has 0 radical (unpaired) electrons. The van der Waals surface area contributed by atoms with Gasteiger partial charge in [-0.15, -0.1) is 0 Å². The van der Waals surface area contributed by atoms with E-state index < -0.39 is 17.7 Å². The Morgan fingerprint density at radius 2 is 1.94 bits per heavy atom. The van der Waals surface area contributed by atoms with Crippen molar-refractivity contribution in [1.29, 1.82) is 0 Å². The first-order valence-electron chi connectivity index (χ1n) is 10.6. The molecule has 11 heteroatoms. The molecule has 1 N–H and O–H groups in total. The van der Waals surface area contributed by atoms with Gasteiger partial charge in [-0.1, -0.05) is 23.7 Å². The van der Waals surface area contributed by atoms with Gasteiger partial charge in [0.05, 0.1) is 12.0 Å². The van der Waals surface area contributed by atoms with Crippen LogP contribution in [-0.4, -0.2) is 63.8 Å². The van der Waals surface area contributed by atoms with E-state index in [4.69, 9.17) is 16.7 Å². The summed E-state index contributed by atoms with van der Waals surface area (Å²) in [6.45, 7) is 5.59. The standard InChI is InChI=1S/C22H26ClF3N4O3/c1-27-30(11-2-4-19(31)32)20(33)28-12-8-21(9-13-28)7-3-10-29(21)15-16-5-6-17(14-18(16)23)22(24,25)26/h2,5-6,11,14H,1,3-4,7-10,12-13,15H2,(H,31,32)/b11-2-. The van der Waals surface area contributed by atoms with Crippen LogP contribution in [-0.2, 0) is 17.5 Å². The minimum absolute atomic E-state index is 0.0975. The summed E-state index contributed by atoms with van der Waals surface area (Å²) < 4.78 is 38.8. The smallest absolute Gasteiger partial charge is 0.416 e. The van der Waals surface area contributed by atoms with Crippen LogP contribution in [0.4, 0.5) is 18.0 Å². The average molecular weight is 487 g/mol. The fraction of sp³-hybridized carbons (Fsp3) is 0.500. The molecule has 7 nitrogen and oxygen atoms in total. The van der Waals surface area contributed by atoms with Crippen LogP contribution in [0.2, 0.25) is 5.02 Å². The highest BCUT2D eigenvalue weighted by atomic mass is 35.5. The number of carboxylic acids is 1.